The molecule has 0 heterocycles. The molecule has 106 valence electrons. The summed E-state index contributed by atoms with van der Waals surface area (Å²) in [5.74, 6) is 1.62. The fourth-order valence-electron chi connectivity index (χ4n) is 2.12. The highest BCUT2D eigenvalue weighted by Crippen LogP contribution is 2.34. The molecular weight excluding hydrogens is 338 g/mol. The van der Waals surface area contributed by atoms with Gasteiger partial charge >= 0.3 is 0 Å². The highest BCUT2D eigenvalue weighted by atomic mass is 79.9. The summed E-state index contributed by atoms with van der Waals surface area (Å²) in [5.41, 5.74) is 8.99. The quantitative estimate of drug-likeness (QED) is 0.786. The molecule has 0 saturated heterocycles. The number of nitrogens with two attached hydrogens (primary N) is 1. The van der Waals surface area contributed by atoms with Gasteiger partial charge in [0.1, 0.15) is 11.5 Å². The SMILES string of the molecule is Cc1cc(Cl)cc(C)c1Oc1ccc([C@H](C)N)c(Br)c1. The van der Waals surface area contributed by atoms with E-state index in [1.54, 1.807) is 0 Å². The summed E-state index contributed by atoms with van der Waals surface area (Å²) in [7, 11) is 0. The van der Waals surface area contributed by atoms with Crippen molar-refractivity contribution in [1.29, 1.82) is 0 Å². The van der Waals surface area contributed by atoms with Crippen LogP contribution in [0.2, 0.25) is 5.02 Å². The molecule has 0 amide bonds. The number of hydrogen-bond donors (Lipinski definition) is 1. The van der Waals surface area contributed by atoms with Crippen LogP contribution in [-0.2, 0) is 0 Å². The van der Waals surface area contributed by atoms with E-state index in [9.17, 15) is 0 Å². The average Bonchev–Trinajstić information content (AvgIpc) is 2.33. The molecule has 2 aromatic carbocycles. The Morgan fingerprint density at radius 3 is 2.25 bits per heavy atom. The second-order valence-corrected chi connectivity index (χ2v) is 6.23. The van der Waals surface area contributed by atoms with E-state index in [0.717, 1.165) is 37.7 Å². The zero-order chi connectivity index (χ0) is 14.9. The van der Waals surface area contributed by atoms with E-state index in [-0.39, 0.29) is 6.04 Å². The molecule has 0 aliphatic carbocycles. The molecule has 0 bridgehead atoms. The van der Waals surface area contributed by atoms with Crippen molar-refractivity contribution in [1.82, 2.24) is 0 Å². The summed E-state index contributed by atoms with van der Waals surface area (Å²) in [6, 6.07) is 9.62. The van der Waals surface area contributed by atoms with Crippen LogP contribution in [0.1, 0.15) is 29.7 Å². The van der Waals surface area contributed by atoms with Gasteiger partial charge in [0.25, 0.3) is 0 Å². The van der Waals surface area contributed by atoms with Gasteiger partial charge in [-0.1, -0.05) is 33.6 Å². The van der Waals surface area contributed by atoms with Crippen LogP contribution >= 0.6 is 27.5 Å². The molecule has 0 saturated carbocycles. The number of halogens is 2. The van der Waals surface area contributed by atoms with Crippen LogP contribution in [-0.4, -0.2) is 0 Å². The molecule has 1 atom stereocenters. The van der Waals surface area contributed by atoms with Gasteiger partial charge < -0.3 is 10.5 Å². The molecule has 0 unspecified atom stereocenters. The lowest BCUT2D eigenvalue weighted by Crippen LogP contribution is -2.05. The van der Waals surface area contributed by atoms with Crippen molar-refractivity contribution in [3.8, 4) is 11.5 Å². The van der Waals surface area contributed by atoms with Gasteiger partial charge in [0.15, 0.2) is 0 Å². The average molecular weight is 355 g/mol. The van der Waals surface area contributed by atoms with Crippen LogP contribution < -0.4 is 10.5 Å². The molecule has 0 radical (unpaired) electrons. The maximum absolute atomic E-state index is 6.03. The molecular formula is C16H17BrClNO. The van der Waals surface area contributed by atoms with Crippen LogP contribution in [0.5, 0.6) is 11.5 Å². The Kier molecular flexibility index (Phi) is 4.74. The van der Waals surface area contributed by atoms with E-state index in [1.807, 2.05) is 51.1 Å². The monoisotopic (exact) mass is 353 g/mol. The lowest BCUT2D eigenvalue weighted by atomic mass is 10.1. The van der Waals surface area contributed by atoms with Gasteiger partial charge in [0.05, 0.1) is 0 Å². The zero-order valence-electron chi connectivity index (χ0n) is 11.7. The Balaban J connectivity index is 2.34. The third-order valence-electron chi connectivity index (χ3n) is 3.11. The van der Waals surface area contributed by atoms with Crippen LogP contribution in [0, 0.1) is 13.8 Å². The van der Waals surface area contributed by atoms with Gasteiger partial charge in [-0.2, -0.15) is 0 Å². The summed E-state index contributed by atoms with van der Waals surface area (Å²) in [6.07, 6.45) is 0. The van der Waals surface area contributed by atoms with Gasteiger partial charge in [-0.25, -0.2) is 0 Å². The summed E-state index contributed by atoms with van der Waals surface area (Å²) >= 11 is 9.56. The van der Waals surface area contributed by atoms with Crippen LogP contribution in [0.4, 0.5) is 0 Å². The molecule has 0 fully saturated rings. The fourth-order valence-corrected chi connectivity index (χ4v) is 3.16. The molecule has 0 spiro atoms. The van der Waals surface area contributed by atoms with Gasteiger partial charge in [-0.05, 0) is 61.7 Å². The first-order valence-corrected chi connectivity index (χ1v) is 7.55. The largest absolute Gasteiger partial charge is 0.457 e. The minimum atomic E-state index is -0.0163. The number of aryl methyl sites for hydroxylation is 2. The summed E-state index contributed by atoms with van der Waals surface area (Å²) < 4.78 is 6.93. The highest BCUT2D eigenvalue weighted by molar-refractivity contribution is 9.10. The van der Waals surface area contributed by atoms with Crippen molar-refractivity contribution in [2.45, 2.75) is 26.8 Å². The van der Waals surface area contributed by atoms with E-state index in [2.05, 4.69) is 15.9 Å². The van der Waals surface area contributed by atoms with E-state index >= 15 is 0 Å². The van der Waals surface area contributed by atoms with Gasteiger partial charge in [-0.15, -0.1) is 0 Å². The van der Waals surface area contributed by atoms with Crippen molar-refractivity contribution in [3.63, 3.8) is 0 Å². The predicted octanol–water partition coefficient (Wildman–Crippen LogP) is 5.53. The van der Waals surface area contributed by atoms with Crippen molar-refractivity contribution in [2.75, 3.05) is 0 Å². The molecule has 0 aliphatic heterocycles. The molecule has 2 rings (SSSR count). The number of benzene rings is 2. The van der Waals surface area contributed by atoms with Crippen molar-refractivity contribution in [3.05, 3.63) is 56.5 Å². The fraction of sp³-hybridized carbons (Fsp3) is 0.250. The van der Waals surface area contributed by atoms with Gasteiger partial charge in [0.2, 0.25) is 0 Å². The molecule has 4 heteroatoms. The number of ether oxygens (including phenoxy) is 1. The smallest absolute Gasteiger partial charge is 0.133 e. The Morgan fingerprint density at radius 2 is 1.75 bits per heavy atom. The lowest BCUT2D eigenvalue weighted by molar-refractivity contribution is 0.474. The first-order chi connectivity index (χ1) is 9.38. The number of rotatable bonds is 3. The molecule has 2 N–H and O–H groups in total. The molecule has 2 aromatic rings. The van der Waals surface area contributed by atoms with Crippen molar-refractivity contribution in [2.24, 2.45) is 5.73 Å². The highest BCUT2D eigenvalue weighted by Gasteiger charge is 2.10. The Morgan fingerprint density at radius 1 is 1.15 bits per heavy atom. The van der Waals surface area contributed by atoms with E-state index in [4.69, 9.17) is 22.1 Å². The number of hydrogen-bond acceptors (Lipinski definition) is 2. The molecule has 0 aromatic heterocycles. The summed E-state index contributed by atoms with van der Waals surface area (Å²) in [4.78, 5) is 0. The van der Waals surface area contributed by atoms with Crippen molar-refractivity contribution < 1.29 is 4.74 Å². The van der Waals surface area contributed by atoms with Crippen LogP contribution in [0.25, 0.3) is 0 Å². The van der Waals surface area contributed by atoms with E-state index < -0.39 is 0 Å². The van der Waals surface area contributed by atoms with Crippen LogP contribution in [0.3, 0.4) is 0 Å². The molecule has 0 aliphatic rings. The predicted molar refractivity (Wildman–Crippen MR) is 87.7 cm³/mol. The minimum absolute atomic E-state index is 0.0163. The van der Waals surface area contributed by atoms with Crippen molar-refractivity contribution >= 4 is 27.5 Å². The third kappa shape index (κ3) is 3.35. The molecule has 2 nitrogen and oxygen atoms in total. The zero-order valence-corrected chi connectivity index (χ0v) is 14.0. The maximum atomic E-state index is 6.03. The topological polar surface area (TPSA) is 35.2 Å². The summed E-state index contributed by atoms with van der Waals surface area (Å²) in [6.45, 7) is 5.92. The van der Waals surface area contributed by atoms with Gasteiger partial charge in [-0.3, -0.25) is 0 Å². The maximum Gasteiger partial charge on any atom is 0.133 e. The van der Waals surface area contributed by atoms with Crippen LogP contribution in [0.15, 0.2) is 34.8 Å². The standard InChI is InChI=1S/C16H17BrClNO/c1-9-6-12(18)7-10(2)16(9)20-13-4-5-14(11(3)19)15(17)8-13/h4-8,11H,19H2,1-3H3/t11-/m0/s1. The Labute approximate surface area is 133 Å². The second-order valence-electron chi connectivity index (χ2n) is 4.94. The normalized spacial score (nSPS) is 12.3. The van der Waals surface area contributed by atoms with Gasteiger partial charge in [0, 0.05) is 15.5 Å². The lowest BCUT2D eigenvalue weighted by Gasteiger charge is -2.14. The summed E-state index contributed by atoms with van der Waals surface area (Å²) in [5, 5.41) is 0.723. The Hall–Kier alpha value is -1.03. The Bertz CT molecular complexity index is 617. The third-order valence-corrected chi connectivity index (χ3v) is 4.01. The molecule has 20 heavy (non-hydrogen) atoms. The first kappa shape index (κ1) is 15.4. The van der Waals surface area contributed by atoms with E-state index in [1.165, 1.54) is 0 Å². The minimum Gasteiger partial charge on any atom is -0.457 e. The van der Waals surface area contributed by atoms with E-state index in [0.29, 0.717) is 0 Å². The second kappa shape index (κ2) is 6.17. The first-order valence-electron chi connectivity index (χ1n) is 6.38.